The third kappa shape index (κ3) is 3.73. The normalized spacial score (nSPS) is 11.9. The molecule has 0 amide bonds. The van der Waals surface area contributed by atoms with E-state index in [0.717, 1.165) is 41.6 Å². The van der Waals surface area contributed by atoms with Crippen molar-refractivity contribution in [2.75, 3.05) is 0 Å². The molecule has 0 saturated heterocycles. The molecule has 2 nitrogen and oxygen atoms in total. The number of hydrogen-bond donors (Lipinski definition) is 0. The lowest BCUT2D eigenvalue weighted by molar-refractivity contribution is 0.650. The largest absolute Gasteiger partial charge is 0.347 e. The van der Waals surface area contributed by atoms with Gasteiger partial charge in [0, 0.05) is 34.8 Å². The molecular formula is C27H24N2. The molecule has 0 spiro atoms. The zero-order chi connectivity index (χ0) is 20.1. The zero-order valence-electron chi connectivity index (χ0n) is 16.7. The van der Waals surface area contributed by atoms with Gasteiger partial charge in [-0.15, -0.1) is 0 Å². The summed E-state index contributed by atoms with van der Waals surface area (Å²) in [5.41, 5.74) is 6.03. The molecule has 3 aromatic carbocycles. The molecule has 1 heterocycles. The van der Waals surface area contributed by atoms with Crippen LogP contribution in [0.25, 0.3) is 22.0 Å². The van der Waals surface area contributed by atoms with Crippen LogP contribution in [0, 0.1) is 11.3 Å². The van der Waals surface area contributed by atoms with Crippen LogP contribution < -0.4 is 0 Å². The fourth-order valence-electron chi connectivity index (χ4n) is 3.87. The van der Waals surface area contributed by atoms with Gasteiger partial charge in [0.05, 0.1) is 5.57 Å². The third-order valence-electron chi connectivity index (χ3n) is 5.30. The lowest BCUT2D eigenvalue weighted by Crippen LogP contribution is -1.96. The second-order valence-electron chi connectivity index (χ2n) is 7.20. The van der Waals surface area contributed by atoms with E-state index < -0.39 is 0 Å². The Kier molecular flexibility index (Phi) is 5.59. The smallest absolute Gasteiger partial charge is 0.100 e. The highest BCUT2D eigenvalue weighted by Gasteiger charge is 2.18. The number of aryl methyl sites for hydroxylation is 1. The van der Waals surface area contributed by atoms with Crippen molar-refractivity contribution in [2.45, 2.75) is 26.3 Å². The molecule has 0 radical (unpaired) electrons. The quantitative estimate of drug-likeness (QED) is 0.265. The number of aromatic nitrogens is 1. The summed E-state index contributed by atoms with van der Waals surface area (Å²) in [6.07, 6.45) is 4.51. The van der Waals surface area contributed by atoms with E-state index in [1.165, 1.54) is 10.9 Å². The fraction of sp³-hybridized carbons (Fsp3) is 0.148. The average molecular weight is 377 g/mol. The zero-order valence-corrected chi connectivity index (χ0v) is 16.7. The van der Waals surface area contributed by atoms with E-state index in [1.807, 2.05) is 48.5 Å². The highest BCUT2D eigenvalue weighted by molar-refractivity contribution is 6.09. The van der Waals surface area contributed by atoms with E-state index in [1.54, 1.807) is 0 Å². The Balaban J connectivity index is 2.04. The Morgan fingerprint density at radius 1 is 0.828 bits per heavy atom. The number of fused-ring (bicyclic) bond motifs is 1. The van der Waals surface area contributed by atoms with Gasteiger partial charge in [-0.2, -0.15) is 5.26 Å². The van der Waals surface area contributed by atoms with Gasteiger partial charge < -0.3 is 4.57 Å². The van der Waals surface area contributed by atoms with Crippen LogP contribution in [0.15, 0.2) is 91.1 Å². The standard InChI is InChI=1S/C27H24N2/c1-2-3-18-29-20-25(23-16-10-11-17-26(23)29)27(22-14-8-5-9-15-22)24(19-28)21-12-6-4-7-13-21/h4-17,20H,2-3,18H2,1H3/b27-24+. The van der Waals surface area contributed by atoms with Crippen LogP contribution in [-0.2, 0) is 6.54 Å². The number of para-hydroxylation sites is 1. The predicted molar refractivity (Wildman–Crippen MR) is 121 cm³/mol. The van der Waals surface area contributed by atoms with Crippen LogP contribution in [0.4, 0.5) is 0 Å². The van der Waals surface area contributed by atoms with Crippen LogP contribution in [0.3, 0.4) is 0 Å². The molecule has 0 aliphatic heterocycles. The molecule has 0 saturated carbocycles. The SMILES string of the molecule is CCCCn1cc(/C(=C(\C#N)c2ccccc2)c2ccccc2)c2ccccc21. The van der Waals surface area contributed by atoms with E-state index in [4.69, 9.17) is 0 Å². The van der Waals surface area contributed by atoms with Crippen molar-refractivity contribution in [3.05, 3.63) is 108 Å². The van der Waals surface area contributed by atoms with Crippen LogP contribution >= 0.6 is 0 Å². The number of hydrogen-bond acceptors (Lipinski definition) is 1. The Morgan fingerprint density at radius 3 is 2.10 bits per heavy atom. The molecule has 0 N–H and O–H groups in total. The molecule has 0 atom stereocenters. The number of benzene rings is 3. The van der Waals surface area contributed by atoms with E-state index in [0.29, 0.717) is 5.57 Å². The summed E-state index contributed by atoms with van der Waals surface area (Å²) >= 11 is 0. The van der Waals surface area contributed by atoms with Crippen molar-refractivity contribution in [2.24, 2.45) is 0 Å². The molecule has 4 rings (SSSR count). The number of unbranched alkanes of at least 4 members (excludes halogenated alkanes) is 1. The van der Waals surface area contributed by atoms with E-state index in [9.17, 15) is 5.26 Å². The van der Waals surface area contributed by atoms with E-state index in [2.05, 4.69) is 60.2 Å². The molecule has 0 unspecified atom stereocenters. The van der Waals surface area contributed by atoms with Crippen LogP contribution in [-0.4, -0.2) is 4.57 Å². The van der Waals surface area contributed by atoms with Gasteiger partial charge in [-0.1, -0.05) is 92.2 Å². The summed E-state index contributed by atoms with van der Waals surface area (Å²) in [4.78, 5) is 0. The molecule has 4 aromatic rings. The lowest BCUT2D eigenvalue weighted by atomic mass is 9.90. The highest BCUT2D eigenvalue weighted by atomic mass is 15.0. The van der Waals surface area contributed by atoms with Gasteiger partial charge in [0.1, 0.15) is 6.07 Å². The van der Waals surface area contributed by atoms with E-state index in [-0.39, 0.29) is 0 Å². The Bertz CT molecular complexity index is 1180. The van der Waals surface area contributed by atoms with Crippen LogP contribution in [0.2, 0.25) is 0 Å². The summed E-state index contributed by atoms with van der Waals surface area (Å²) in [7, 11) is 0. The van der Waals surface area contributed by atoms with Gasteiger partial charge in [-0.05, 0) is 23.6 Å². The minimum absolute atomic E-state index is 0.704. The molecule has 0 bridgehead atoms. The average Bonchev–Trinajstić information content (AvgIpc) is 3.15. The Morgan fingerprint density at radius 2 is 1.45 bits per heavy atom. The summed E-state index contributed by atoms with van der Waals surface area (Å²) in [5, 5.41) is 11.4. The van der Waals surface area contributed by atoms with Crippen LogP contribution in [0.5, 0.6) is 0 Å². The first-order valence-corrected chi connectivity index (χ1v) is 10.2. The Labute approximate surface area is 172 Å². The first kappa shape index (κ1) is 18.8. The summed E-state index contributed by atoms with van der Waals surface area (Å²) in [6.45, 7) is 3.19. The first-order chi connectivity index (χ1) is 14.3. The van der Waals surface area contributed by atoms with Gasteiger partial charge in [0.2, 0.25) is 0 Å². The van der Waals surface area contributed by atoms with Crippen molar-refractivity contribution in [3.63, 3.8) is 0 Å². The molecule has 2 heteroatoms. The molecule has 0 aliphatic rings. The van der Waals surface area contributed by atoms with E-state index >= 15 is 0 Å². The second-order valence-corrected chi connectivity index (χ2v) is 7.20. The minimum atomic E-state index is 0.704. The Hall–Kier alpha value is -3.57. The fourth-order valence-corrected chi connectivity index (χ4v) is 3.87. The minimum Gasteiger partial charge on any atom is -0.347 e. The molecule has 0 fully saturated rings. The van der Waals surface area contributed by atoms with Gasteiger partial charge in [-0.3, -0.25) is 0 Å². The van der Waals surface area contributed by atoms with Crippen molar-refractivity contribution >= 4 is 22.0 Å². The van der Waals surface area contributed by atoms with Gasteiger partial charge in [-0.25, -0.2) is 0 Å². The predicted octanol–water partition coefficient (Wildman–Crippen LogP) is 6.92. The monoisotopic (exact) mass is 376 g/mol. The maximum Gasteiger partial charge on any atom is 0.100 e. The molecule has 0 aliphatic carbocycles. The maximum absolute atomic E-state index is 10.2. The second kappa shape index (κ2) is 8.63. The van der Waals surface area contributed by atoms with Crippen LogP contribution in [0.1, 0.15) is 36.5 Å². The van der Waals surface area contributed by atoms with Crippen molar-refractivity contribution < 1.29 is 0 Å². The molecule has 1 aromatic heterocycles. The highest BCUT2D eigenvalue weighted by Crippen LogP contribution is 2.37. The third-order valence-corrected chi connectivity index (χ3v) is 5.30. The van der Waals surface area contributed by atoms with Gasteiger partial charge >= 0.3 is 0 Å². The lowest BCUT2D eigenvalue weighted by Gasteiger charge is -2.11. The van der Waals surface area contributed by atoms with Crippen molar-refractivity contribution in [1.82, 2.24) is 4.57 Å². The molecule has 142 valence electrons. The molecule has 29 heavy (non-hydrogen) atoms. The number of nitriles is 1. The number of allylic oxidation sites excluding steroid dienone is 1. The topological polar surface area (TPSA) is 28.7 Å². The first-order valence-electron chi connectivity index (χ1n) is 10.2. The number of nitrogens with zero attached hydrogens (tertiary/aromatic N) is 2. The molecular weight excluding hydrogens is 352 g/mol. The van der Waals surface area contributed by atoms with Crippen molar-refractivity contribution in [1.29, 1.82) is 5.26 Å². The summed E-state index contributed by atoms with van der Waals surface area (Å²) < 4.78 is 2.33. The maximum atomic E-state index is 10.2. The van der Waals surface area contributed by atoms with Crippen molar-refractivity contribution in [3.8, 4) is 6.07 Å². The number of rotatable bonds is 6. The summed E-state index contributed by atoms with van der Waals surface area (Å²) in [5.74, 6) is 0. The summed E-state index contributed by atoms with van der Waals surface area (Å²) in [6, 6.07) is 31.2. The van der Waals surface area contributed by atoms with Gasteiger partial charge in [0.15, 0.2) is 0 Å². The van der Waals surface area contributed by atoms with Gasteiger partial charge in [0.25, 0.3) is 0 Å².